The van der Waals surface area contributed by atoms with Gasteiger partial charge in [0, 0.05) is 11.5 Å². The van der Waals surface area contributed by atoms with E-state index in [1.54, 1.807) is 11.3 Å². The molecule has 0 bridgehead atoms. The Kier molecular flexibility index (Phi) is 2.58. The Morgan fingerprint density at radius 2 is 2.38 bits per heavy atom. The lowest BCUT2D eigenvalue weighted by Crippen LogP contribution is -1.97. The summed E-state index contributed by atoms with van der Waals surface area (Å²) in [6, 6.07) is 0. The minimum Gasteiger partial charge on any atom is -0.396 e. The van der Waals surface area contributed by atoms with E-state index >= 15 is 0 Å². The molecule has 16 heavy (non-hydrogen) atoms. The Balaban J connectivity index is 2.22. The standard InChI is InChI=1S/C11H11ClN2OS/c12-10-9-8-6(3-4-15)1-2-7(8)16-11(9)14-5-13-10/h5-6,15H,1-4H2. The molecule has 1 aliphatic carbocycles. The second-order valence-electron chi connectivity index (χ2n) is 4.03. The average Bonchev–Trinajstić information content (AvgIpc) is 2.79. The summed E-state index contributed by atoms with van der Waals surface area (Å²) >= 11 is 7.85. The first-order valence-corrected chi connectivity index (χ1v) is 6.53. The third-order valence-electron chi connectivity index (χ3n) is 3.16. The summed E-state index contributed by atoms with van der Waals surface area (Å²) in [5, 5.41) is 10.6. The normalized spacial score (nSPS) is 19.2. The third kappa shape index (κ3) is 1.44. The molecule has 3 rings (SSSR count). The maximum absolute atomic E-state index is 9.07. The van der Waals surface area contributed by atoms with Crippen molar-refractivity contribution in [3.63, 3.8) is 0 Å². The zero-order valence-corrected chi connectivity index (χ0v) is 10.2. The van der Waals surface area contributed by atoms with E-state index in [0.717, 1.165) is 29.5 Å². The van der Waals surface area contributed by atoms with Gasteiger partial charge in [-0.05, 0) is 30.7 Å². The highest BCUT2D eigenvalue weighted by atomic mass is 35.5. The SMILES string of the molecule is OCCC1CCc2sc3ncnc(Cl)c3c21. The maximum Gasteiger partial charge on any atom is 0.141 e. The number of hydrogen-bond donors (Lipinski definition) is 1. The number of aromatic nitrogens is 2. The Labute approximate surface area is 102 Å². The van der Waals surface area contributed by atoms with Crippen LogP contribution in [0, 0.1) is 0 Å². The molecule has 2 aromatic heterocycles. The monoisotopic (exact) mass is 254 g/mol. The second kappa shape index (κ2) is 3.95. The number of halogens is 1. The molecule has 1 N–H and O–H groups in total. The fourth-order valence-corrected chi connectivity index (χ4v) is 4.01. The van der Waals surface area contributed by atoms with Gasteiger partial charge in [0.15, 0.2) is 0 Å². The van der Waals surface area contributed by atoms with Crippen LogP contribution in [0.15, 0.2) is 6.33 Å². The van der Waals surface area contributed by atoms with Gasteiger partial charge in [-0.3, -0.25) is 0 Å². The minimum atomic E-state index is 0.229. The summed E-state index contributed by atoms with van der Waals surface area (Å²) < 4.78 is 0. The van der Waals surface area contributed by atoms with E-state index < -0.39 is 0 Å². The van der Waals surface area contributed by atoms with Crippen molar-refractivity contribution < 1.29 is 5.11 Å². The van der Waals surface area contributed by atoms with Gasteiger partial charge in [-0.25, -0.2) is 9.97 Å². The predicted molar refractivity (Wildman–Crippen MR) is 65.2 cm³/mol. The lowest BCUT2D eigenvalue weighted by Gasteiger charge is -2.08. The van der Waals surface area contributed by atoms with Crippen molar-refractivity contribution in [2.24, 2.45) is 0 Å². The van der Waals surface area contributed by atoms with Crippen molar-refractivity contribution in [1.82, 2.24) is 9.97 Å². The van der Waals surface area contributed by atoms with E-state index in [2.05, 4.69) is 9.97 Å². The molecule has 0 amide bonds. The van der Waals surface area contributed by atoms with E-state index in [4.69, 9.17) is 16.7 Å². The number of hydrogen-bond acceptors (Lipinski definition) is 4. The van der Waals surface area contributed by atoms with Crippen LogP contribution in [-0.4, -0.2) is 21.7 Å². The Morgan fingerprint density at radius 3 is 3.19 bits per heavy atom. The van der Waals surface area contributed by atoms with Crippen LogP contribution in [0.5, 0.6) is 0 Å². The second-order valence-corrected chi connectivity index (χ2v) is 5.47. The van der Waals surface area contributed by atoms with Crippen LogP contribution in [0.2, 0.25) is 5.15 Å². The van der Waals surface area contributed by atoms with Crippen molar-refractivity contribution >= 4 is 33.2 Å². The Morgan fingerprint density at radius 1 is 1.50 bits per heavy atom. The van der Waals surface area contributed by atoms with E-state index in [1.807, 2.05) is 0 Å². The van der Waals surface area contributed by atoms with Crippen molar-refractivity contribution in [3.05, 3.63) is 21.9 Å². The molecule has 0 radical (unpaired) electrons. The molecule has 5 heteroatoms. The molecule has 0 spiro atoms. The van der Waals surface area contributed by atoms with Crippen LogP contribution >= 0.6 is 22.9 Å². The summed E-state index contributed by atoms with van der Waals surface area (Å²) in [6.07, 6.45) is 4.52. The number of fused-ring (bicyclic) bond motifs is 3. The van der Waals surface area contributed by atoms with Gasteiger partial charge in [-0.2, -0.15) is 0 Å². The summed E-state index contributed by atoms with van der Waals surface area (Å²) in [6.45, 7) is 0.229. The Bertz CT molecular complexity index is 540. The lowest BCUT2D eigenvalue weighted by atomic mass is 9.98. The number of aliphatic hydroxyl groups is 1. The predicted octanol–water partition coefficient (Wildman–Crippen LogP) is 2.76. The average molecular weight is 255 g/mol. The number of aliphatic hydroxyl groups excluding tert-OH is 1. The van der Waals surface area contributed by atoms with Gasteiger partial charge < -0.3 is 5.11 Å². The van der Waals surface area contributed by atoms with E-state index in [1.165, 1.54) is 16.8 Å². The van der Waals surface area contributed by atoms with Gasteiger partial charge >= 0.3 is 0 Å². The fraction of sp³-hybridized carbons (Fsp3) is 0.455. The Hall–Kier alpha value is -0.710. The van der Waals surface area contributed by atoms with Gasteiger partial charge in [-0.15, -0.1) is 11.3 Å². The molecule has 3 nitrogen and oxygen atoms in total. The maximum atomic E-state index is 9.07. The largest absolute Gasteiger partial charge is 0.396 e. The van der Waals surface area contributed by atoms with Gasteiger partial charge in [0.25, 0.3) is 0 Å². The molecule has 84 valence electrons. The molecule has 0 fully saturated rings. The molecule has 2 heterocycles. The molecular formula is C11H11ClN2OS. The highest BCUT2D eigenvalue weighted by Crippen LogP contribution is 2.46. The molecule has 1 unspecified atom stereocenters. The third-order valence-corrected chi connectivity index (χ3v) is 4.62. The molecule has 0 aromatic carbocycles. The van der Waals surface area contributed by atoms with Crippen molar-refractivity contribution in [3.8, 4) is 0 Å². The highest BCUT2D eigenvalue weighted by molar-refractivity contribution is 7.19. The first-order valence-electron chi connectivity index (χ1n) is 5.34. The number of aryl methyl sites for hydroxylation is 1. The van der Waals surface area contributed by atoms with Crippen LogP contribution in [0.25, 0.3) is 10.2 Å². The van der Waals surface area contributed by atoms with Gasteiger partial charge in [0.1, 0.15) is 16.3 Å². The lowest BCUT2D eigenvalue weighted by molar-refractivity contribution is 0.275. The quantitative estimate of drug-likeness (QED) is 0.839. The highest BCUT2D eigenvalue weighted by Gasteiger charge is 2.28. The molecule has 2 aromatic rings. The smallest absolute Gasteiger partial charge is 0.141 e. The van der Waals surface area contributed by atoms with Crippen LogP contribution in [0.3, 0.4) is 0 Å². The van der Waals surface area contributed by atoms with Crippen molar-refractivity contribution in [2.75, 3.05) is 6.61 Å². The number of thiophene rings is 1. The molecule has 1 atom stereocenters. The van der Waals surface area contributed by atoms with Crippen LogP contribution in [0.4, 0.5) is 0 Å². The fourth-order valence-electron chi connectivity index (χ4n) is 2.48. The van der Waals surface area contributed by atoms with Crippen molar-refractivity contribution in [2.45, 2.75) is 25.2 Å². The van der Waals surface area contributed by atoms with Gasteiger partial charge in [0.2, 0.25) is 0 Å². The summed E-state index contributed by atoms with van der Waals surface area (Å²) in [5.41, 5.74) is 1.29. The van der Waals surface area contributed by atoms with E-state index in [9.17, 15) is 0 Å². The summed E-state index contributed by atoms with van der Waals surface area (Å²) in [5.74, 6) is 0.428. The minimum absolute atomic E-state index is 0.229. The van der Waals surface area contributed by atoms with Gasteiger partial charge in [-0.1, -0.05) is 11.6 Å². The topological polar surface area (TPSA) is 46.0 Å². The van der Waals surface area contributed by atoms with Crippen LogP contribution in [0.1, 0.15) is 29.2 Å². The number of rotatable bonds is 2. The zero-order valence-electron chi connectivity index (χ0n) is 8.61. The van der Waals surface area contributed by atoms with Crippen LogP contribution in [-0.2, 0) is 6.42 Å². The first kappa shape index (κ1) is 10.4. The zero-order chi connectivity index (χ0) is 11.1. The molecular weight excluding hydrogens is 244 g/mol. The van der Waals surface area contributed by atoms with Crippen molar-refractivity contribution in [1.29, 1.82) is 0 Å². The molecule has 0 aliphatic heterocycles. The summed E-state index contributed by atoms with van der Waals surface area (Å²) in [4.78, 5) is 10.7. The molecule has 0 saturated carbocycles. The summed E-state index contributed by atoms with van der Waals surface area (Å²) in [7, 11) is 0. The van der Waals surface area contributed by atoms with E-state index in [0.29, 0.717) is 11.1 Å². The number of nitrogens with zero attached hydrogens (tertiary/aromatic N) is 2. The van der Waals surface area contributed by atoms with Crippen LogP contribution < -0.4 is 0 Å². The molecule has 1 aliphatic rings. The molecule has 0 saturated heterocycles. The first-order chi connectivity index (χ1) is 7.81. The van der Waals surface area contributed by atoms with E-state index in [-0.39, 0.29) is 6.61 Å². The van der Waals surface area contributed by atoms with Gasteiger partial charge in [0.05, 0.1) is 5.39 Å².